The number of carbonyl (C=O) groups excluding carboxylic acids is 1. The van der Waals surface area contributed by atoms with Gasteiger partial charge in [0.2, 0.25) is 11.5 Å². The number of hydrogen-bond donors (Lipinski definition) is 1. The first-order chi connectivity index (χ1) is 7.97. The van der Waals surface area contributed by atoms with Crippen LogP contribution in [0.15, 0.2) is 10.9 Å². The summed E-state index contributed by atoms with van der Waals surface area (Å²) in [6.07, 6.45) is -0.606. The molecule has 1 N–H and O–H groups in total. The maximum atomic E-state index is 11.8. The van der Waals surface area contributed by atoms with Gasteiger partial charge in [0, 0.05) is 18.2 Å². The molecule has 1 aromatic heterocycles. The molecule has 2 rings (SSSR count). The third kappa shape index (κ3) is 2.33. The number of aromatic nitrogens is 1. The zero-order valence-electron chi connectivity index (χ0n) is 10.1. The summed E-state index contributed by atoms with van der Waals surface area (Å²) < 4.78 is 10.6. The summed E-state index contributed by atoms with van der Waals surface area (Å²) in [5, 5.41) is 0. The Bertz CT molecular complexity index is 504. The summed E-state index contributed by atoms with van der Waals surface area (Å²) >= 11 is 0. The van der Waals surface area contributed by atoms with Crippen molar-refractivity contribution in [1.82, 2.24) is 4.98 Å². The van der Waals surface area contributed by atoms with Gasteiger partial charge in [-0.3, -0.25) is 9.59 Å². The van der Waals surface area contributed by atoms with Crippen molar-refractivity contribution < 1.29 is 14.3 Å². The number of Topliss-reactive ketones (excluding diaryl/α,β-unsaturated/α-hetero) is 1. The van der Waals surface area contributed by atoms with Gasteiger partial charge in [0.05, 0.1) is 0 Å². The first-order valence-electron chi connectivity index (χ1n) is 5.57. The lowest BCUT2D eigenvalue weighted by Gasteiger charge is -2.09. The van der Waals surface area contributed by atoms with Crippen molar-refractivity contribution in [2.75, 3.05) is 0 Å². The van der Waals surface area contributed by atoms with E-state index in [9.17, 15) is 9.59 Å². The van der Waals surface area contributed by atoms with Gasteiger partial charge in [-0.2, -0.15) is 0 Å². The van der Waals surface area contributed by atoms with Gasteiger partial charge in [-0.05, 0) is 12.8 Å². The first kappa shape index (κ1) is 11.7. The lowest BCUT2D eigenvalue weighted by Crippen LogP contribution is -2.30. The number of rotatable bonds is 3. The normalized spacial score (nSPS) is 17.5. The van der Waals surface area contributed by atoms with Gasteiger partial charge >= 0.3 is 6.29 Å². The van der Waals surface area contributed by atoms with E-state index in [1.807, 2.05) is 13.8 Å². The Morgan fingerprint density at radius 3 is 2.82 bits per heavy atom. The number of carbonyl (C=O) groups is 1. The van der Waals surface area contributed by atoms with E-state index < -0.39 is 6.29 Å². The molecule has 1 atom stereocenters. The minimum absolute atomic E-state index is 0.0951. The van der Waals surface area contributed by atoms with E-state index in [1.54, 1.807) is 13.0 Å². The van der Waals surface area contributed by atoms with E-state index in [-0.39, 0.29) is 23.0 Å². The minimum atomic E-state index is -0.977. The Balaban J connectivity index is 2.19. The van der Waals surface area contributed by atoms with Crippen LogP contribution in [0.3, 0.4) is 0 Å². The predicted molar refractivity (Wildman–Crippen MR) is 61.3 cm³/mol. The van der Waals surface area contributed by atoms with E-state index in [0.29, 0.717) is 17.9 Å². The molecule has 0 aliphatic carbocycles. The largest absolute Gasteiger partial charge is 0.444 e. The smallest absolute Gasteiger partial charge is 0.301 e. The van der Waals surface area contributed by atoms with E-state index in [2.05, 4.69) is 4.98 Å². The van der Waals surface area contributed by atoms with Crippen LogP contribution in [0.2, 0.25) is 0 Å². The van der Waals surface area contributed by atoms with Crippen molar-refractivity contribution in [3.05, 3.63) is 22.1 Å². The third-order valence-corrected chi connectivity index (χ3v) is 2.42. The molecule has 0 bridgehead atoms. The summed E-state index contributed by atoms with van der Waals surface area (Å²) in [4.78, 5) is 25.9. The molecule has 1 aliphatic heterocycles. The lowest BCUT2D eigenvalue weighted by molar-refractivity contribution is -0.135. The van der Waals surface area contributed by atoms with Crippen LogP contribution in [-0.2, 0) is 4.79 Å². The molecule has 0 saturated heterocycles. The summed E-state index contributed by atoms with van der Waals surface area (Å²) in [5.41, 5.74) is 0.314. The molecule has 1 aromatic rings. The van der Waals surface area contributed by atoms with Gasteiger partial charge in [0.1, 0.15) is 0 Å². The van der Waals surface area contributed by atoms with Crippen LogP contribution < -0.4 is 15.0 Å². The second-order valence-corrected chi connectivity index (χ2v) is 4.61. The average molecular weight is 237 g/mol. The molecule has 92 valence electrons. The van der Waals surface area contributed by atoms with Gasteiger partial charge < -0.3 is 14.5 Å². The molecule has 2 heterocycles. The van der Waals surface area contributed by atoms with Crippen LogP contribution in [-0.4, -0.2) is 17.1 Å². The van der Waals surface area contributed by atoms with Gasteiger partial charge in [0.25, 0.3) is 5.56 Å². The number of ketones is 1. The fourth-order valence-electron chi connectivity index (χ4n) is 1.72. The maximum Gasteiger partial charge on any atom is 0.301 e. The number of H-pyrrole nitrogens is 1. The molecule has 5 nitrogen and oxygen atoms in total. The number of aromatic amines is 1. The van der Waals surface area contributed by atoms with Crippen LogP contribution in [0.1, 0.15) is 26.0 Å². The molecule has 0 aromatic carbocycles. The molecule has 0 amide bonds. The van der Waals surface area contributed by atoms with E-state index >= 15 is 0 Å². The Labute approximate surface area is 98.7 Å². The summed E-state index contributed by atoms with van der Waals surface area (Å²) in [6, 6.07) is 1.65. The molecule has 0 radical (unpaired) electrons. The summed E-state index contributed by atoms with van der Waals surface area (Å²) in [5.74, 6) is 0.526. The fraction of sp³-hybridized carbons (Fsp3) is 0.500. The molecule has 0 unspecified atom stereocenters. The van der Waals surface area contributed by atoms with Crippen molar-refractivity contribution in [2.24, 2.45) is 5.92 Å². The predicted octanol–water partition coefficient (Wildman–Crippen LogP) is 1.40. The molecular formula is C12H15NO4. The fourth-order valence-corrected chi connectivity index (χ4v) is 1.72. The van der Waals surface area contributed by atoms with Crippen LogP contribution in [0.25, 0.3) is 0 Å². The molecule has 1 aliphatic rings. The van der Waals surface area contributed by atoms with Crippen molar-refractivity contribution in [3.8, 4) is 11.5 Å². The number of pyridine rings is 1. The number of fused-ring (bicyclic) bond motifs is 1. The van der Waals surface area contributed by atoms with E-state index in [0.717, 1.165) is 0 Å². The third-order valence-electron chi connectivity index (χ3n) is 2.42. The molecule has 0 spiro atoms. The standard InChI is InChI=1S/C12H15NO4/c1-6(2)4-8(14)12-16-9-5-7(3)13-11(15)10(9)17-12/h5-6,12H,4H2,1-3H3,(H,13,15)/t12-/m0/s1. The van der Waals surface area contributed by atoms with E-state index in [4.69, 9.17) is 9.47 Å². The van der Waals surface area contributed by atoms with Crippen molar-refractivity contribution >= 4 is 5.78 Å². The quantitative estimate of drug-likeness (QED) is 0.862. The highest BCUT2D eigenvalue weighted by molar-refractivity contribution is 5.83. The van der Waals surface area contributed by atoms with Crippen molar-refractivity contribution in [3.63, 3.8) is 0 Å². The Morgan fingerprint density at radius 2 is 2.18 bits per heavy atom. The molecule has 0 fully saturated rings. The van der Waals surface area contributed by atoms with Gasteiger partial charge in [-0.15, -0.1) is 0 Å². The average Bonchev–Trinajstić information content (AvgIpc) is 2.60. The molecule has 5 heteroatoms. The highest BCUT2D eigenvalue weighted by Gasteiger charge is 2.32. The zero-order valence-corrected chi connectivity index (χ0v) is 10.1. The second kappa shape index (κ2) is 4.24. The summed E-state index contributed by atoms with van der Waals surface area (Å²) in [6.45, 7) is 5.63. The molecule has 0 saturated carbocycles. The van der Waals surface area contributed by atoms with Crippen LogP contribution in [0, 0.1) is 12.8 Å². The number of aryl methyl sites for hydroxylation is 1. The molecular weight excluding hydrogens is 222 g/mol. The molecule has 17 heavy (non-hydrogen) atoms. The van der Waals surface area contributed by atoms with Crippen LogP contribution in [0.5, 0.6) is 11.5 Å². The van der Waals surface area contributed by atoms with Gasteiger partial charge in [-0.25, -0.2) is 0 Å². The Kier molecular flexibility index (Phi) is 2.92. The summed E-state index contributed by atoms with van der Waals surface area (Å²) in [7, 11) is 0. The highest BCUT2D eigenvalue weighted by Crippen LogP contribution is 2.31. The number of hydrogen-bond acceptors (Lipinski definition) is 4. The Hall–Kier alpha value is -1.78. The van der Waals surface area contributed by atoms with Crippen molar-refractivity contribution in [1.29, 1.82) is 0 Å². The lowest BCUT2D eigenvalue weighted by atomic mass is 10.1. The highest BCUT2D eigenvalue weighted by atomic mass is 16.7. The monoisotopic (exact) mass is 237 g/mol. The number of ether oxygens (including phenoxy) is 2. The maximum absolute atomic E-state index is 11.8. The first-order valence-corrected chi connectivity index (χ1v) is 5.57. The van der Waals surface area contributed by atoms with Crippen molar-refractivity contribution in [2.45, 2.75) is 33.5 Å². The van der Waals surface area contributed by atoms with Gasteiger partial charge in [0.15, 0.2) is 5.75 Å². The number of nitrogens with one attached hydrogen (secondary N) is 1. The Morgan fingerprint density at radius 1 is 1.47 bits per heavy atom. The van der Waals surface area contributed by atoms with Crippen LogP contribution in [0.4, 0.5) is 0 Å². The minimum Gasteiger partial charge on any atom is -0.444 e. The second-order valence-electron chi connectivity index (χ2n) is 4.61. The van der Waals surface area contributed by atoms with Crippen LogP contribution >= 0.6 is 0 Å². The topological polar surface area (TPSA) is 68.4 Å². The van der Waals surface area contributed by atoms with Gasteiger partial charge in [-0.1, -0.05) is 13.8 Å². The SMILES string of the molecule is Cc1cc2c(c(=O)[nH]1)O[C@@H](C(=O)CC(C)C)O2. The van der Waals surface area contributed by atoms with E-state index in [1.165, 1.54) is 0 Å². The zero-order chi connectivity index (χ0) is 12.6.